The Bertz CT molecular complexity index is 692. The summed E-state index contributed by atoms with van der Waals surface area (Å²) in [5.74, 6) is -0.308. The molecule has 0 unspecified atom stereocenters. The lowest BCUT2D eigenvalue weighted by atomic mass is 10.1. The van der Waals surface area contributed by atoms with Gasteiger partial charge in [0.2, 0.25) is 0 Å². The van der Waals surface area contributed by atoms with Gasteiger partial charge in [0, 0.05) is 6.54 Å². The number of halogens is 1. The third-order valence-corrected chi connectivity index (χ3v) is 3.25. The molecule has 5 heteroatoms. The van der Waals surface area contributed by atoms with Crippen LogP contribution in [0.4, 0.5) is 4.39 Å². The van der Waals surface area contributed by atoms with Gasteiger partial charge >= 0.3 is 0 Å². The smallest absolute Gasteiger partial charge is 0.261 e. The van der Waals surface area contributed by atoms with Crippen molar-refractivity contribution in [1.82, 2.24) is 4.57 Å². The molecular weight excluding hydrogens is 275 g/mol. The van der Waals surface area contributed by atoms with Gasteiger partial charge in [-0.25, -0.2) is 4.39 Å². The van der Waals surface area contributed by atoms with Crippen LogP contribution in [0.25, 0.3) is 11.3 Å². The van der Waals surface area contributed by atoms with E-state index < -0.39 is 0 Å². The van der Waals surface area contributed by atoms with Crippen molar-refractivity contribution in [1.29, 1.82) is 0 Å². The standard InChI is InChI=1S/C15H15FN2OS/c1-2-9-18-13(10-3-5-11(16)6-4-10)8-7-12(14(17)20)15(18)19/h3-8H,2,9H2,1H3,(H2,17,20). The summed E-state index contributed by atoms with van der Waals surface area (Å²) in [5, 5.41) is 0. The van der Waals surface area contributed by atoms with Crippen molar-refractivity contribution in [3.8, 4) is 11.3 Å². The van der Waals surface area contributed by atoms with Crippen molar-refractivity contribution in [2.75, 3.05) is 0 Å². The molecule has 0 radical (unpaired) electrons. The van der Waals surface area contributed by atoms with Crippen LogP contribution >= 0.6 is 12.2 Å². The number of thiocarbonyl (C=S) groups is 1. The molecule has 1 heterocycles. The molecule has 0 fully saturated rings. The second-order valence-electron chi connectivity index (χ2n) is 4.46. The molecule has 104 valence electrons. The fraction of sp³-hybridized carbons (Fsp3) is 0.200. The van der Waals surface area contributed by atoms with Crippen LogP contribution in [-0.2, 0) is 6.54 Å². The van der Waals surface area contributed by atoms with E-state index in [2.05, 4.69) is 0 Å². The number of nitrogens with two attached hydrogens (primary N) is 1. The minimum Gasteiger partial charge on any atom is -0.389 e. The zero-order chi connectivity index (χ0) is 14.7. The van der Waals surface area contributed by atoms with Crippen molar-refractivity contribution in [2.45, 2.75) is 19.9 Å². The lowest BCUT2D eigenvalue weighted by molar-refractivity contribution is 0.627. The van der Waals surface area contributed by atoms with Crippen LogP contribution in [0.1, 0.15) is 18.9 Å². The highest BCUT2D eigenvalue weighted by Crippen LogP contribution is 2.19. The number of hydrogen-bond donors (Lipinski definition) is 1. The molecule has 0 aliphatic carbocycles. The quantitative estimate of drug-likeness (QED) is 0.881. The molecule has 0 bridgehead atoms. The summed E-state index contributed by atoms with van der Waals surface area (Å²) >= 11 is 4.89. The summed E-state index contributed by atoms with van der Waals surface area (Å²) in [7, 11) is 0. The molecule has 20 heavy (non-hydrogen) atoms. The Morgan fingerprint density at radius 2 is 1.90 bits per heavy atom. The van der Waals surface area contributed by atoms with Crippen LogP contribution in [0.2, 0.25) is 0 Å². The maximum Gasteiger partial charge on any atom is 0.261 e. The molecular formula is C15H15FN2OS. The molecule has 0 amide bonds. The van der Waals surface area contributed by atoms with Crippen LogP contribution in [0.15, 0.2) is 41.2 Å². The molecule has 0 atom stereocenters. The van der Waals surface area contributed by atoms with Gasteiger partial charge in [-0.1, -0.05) is 19.1 Å². The molecule has 2 N–H and O–H groups in total. The Kier molecular flexibility index (Phi) is 4.29. The van der Waals surface area contributed by atoms with Crippen molar-refractivity contribution in [3.05, 3.63) is 58.1 Å². The Morgan fingerprint density at radius 3 is 2.45 bits per heavy atom. The normalized spacial score (nSPS) is 10.5. The minimum absolute atomic E-state index is 0.0884. The number of hydrogen-bond acceptors (Lipinski definition) is 2. The number of benzene rings is 1. The highest BCUT2D eigenvalue weighted by atomic mass is 32.1. The van der Waals surface area contributed by atoms with Gasteiger partial charge in [-0.3, -0.25) is 4.79 Å². The summed E-state index contributed by atoms with van der Waals surface area (Å²) in [6.45, 7) is 2.54. The van der Waals surface area contributed by atoms with E-state index in [1.165, 1.54) is 12.1 Å². The number of pyridine rings is 1. The zero-order valence-electron chi connectivity index (χ0n) is 11.1. The van der Waals surface area contributed by atoms with Crippen molar-refractivity contribution in [2.24, 2.45) is 5.73 Å². The average molecular weight is 290 g/mol. The topological polar surface area (TPSA) is 48.0 Å². The first-order valence-electron chi connectivity index (χ1n) is 6.34. The van der Waals surface area contributed by atoms with Gasteiger partial charge in [0.15, 0.2) is 0 Å². The van der Waals surface area contributed by atoms with Gasteiger partial charge < -0.3 is 10.3 Å². The van der Waals surface area contributed by atoms with Crippen molar-refractivity contribution in [3.63, 3.8) is 0 Å². The van der Waals surface area contributed by atoms with Crippen molar-refractivity contribution >= 4 is 17.2 Å². The van der Waals surface area contributed by atoms with E-state index in [9.17, 15) is 9.18 Å². The minimum atomic E-state index is -0.308. The van der Waals surface area contributed by atoms with Crippen LogP contribution in [0, 0.1) is 5.82 Å². The van der Waals surface area contributed by atoms with E-state index in [-0.39, 0.29) is 16.4 Å². The van der Waals surface area contributed by atoms with Gasteiger partial charge in [-0.2, -0.15) is 0 Å². The molecule has 1 aromatic heterocycles. The SMILES string of the molecule is CCCn1c(-c2ccc(F)cc2)ccc(C(N)=S)c1=O. The molecule has 0 spiro atoms. The van der Waals surface area contributed by atoms with Gasteiger partial charge in [0.25, 0.3) is 5.56 Å². The zero-order valence-corrected chi connectivity index (χ0v) is 11.9. The molecule has 3 nitrogen and oxygen atoms in total. The van der Waals surface area contributed by atoms with Crippen molar-refractivity contribution < 1.29 is 4.39 Å². The predicted octanol–water partition coefficient (Wildman–Crippen LogP) is 2.70. The van der Waals surface area contributed by atoms with Crippen LogP contribution < -0.4 is 11.3 Å². The Hall–Kier alpha value is -2.01. The third-order valence-electron chi connectivity index (χ3n) is 3.03. The summed E-state index contributed by atoms with van der Waals surface area (Å²) in [5.41, 5.74) is 7.20. The fourth-order valence-corrected chi connectivity index (χ4v) is 2.24. The number of rotatable bonds is 4. The van der Waals surface area contributed by atoms with Crippen LogP contribution in [0.5, 0.6) is 0 Å². The second-order valence-corrected chi connectivity index (χ2v) is 4.90. The summed E-state index contributed by atoms with van der Waals surface area (Å²) in [4.78, 5) is 12.5. The summed E-state index contributed by atoms with van der Waals surface area (Å²) in [6, 6.07) is 9.46. The summed E-state index contributed by atoms with van der Waals surface area (Å²) in [6.07, 6.45) is 0.800. The molecule has 0 aliphatic heterocycles. The molecule has 1 aromatic carbocycles. The van der Waals surface area contributed by atoms with Gasteiger partial charge in [-0.15, -0.1) is 0 Å². The first-order chi connectivity index (χ1) is 9.54. The van der Waals surface area contributed by atoms with E-state index in [0.717, 1.165) is 17.7 Å². The highest BCUT2D eigenvalue weighted by Gasteiger charge is 2.11. The molecule has 0 saturated carbocycles. The van der Waals surface area contributed by atoms with Gasteiger partial charge in [0.1, 0.15) is 10.8 Å². The van der Waals surface area contributed by atoms with E-state index >= 15 is 0 Å². The van der Waals surface area contributed by atoms with Crippen LogP contribution in [-0.4, -0.2) is 9.56 Å². The average Bonchev–Trinajstić information content (AvgIpc) is 2.42. The van der Waals surface area contributed by atoms with E-state index in [1.54, 1.807) is 28.8 Å². The maximum absolute atomic E-state index is 13.0. The highest BCUT2D eigenvalue weighted by molar-refractivity contribution is 7.80. The first kappa shape index (κ1) is 14.4. The largest absolute Gasteiger partial charge is 0.389 e. The predicted molar refractivity (Wildman–Crippen MR) is 82.3 cm³/mol. The third kappa shape index (κ3) is 2.77. The first-order valence-corrected chi connectivity index (χ1v) is 6.75. The Labute approximate surface area is 121 Å². The van der Waals surface area contributed by atoms with E-state index in [4.69, 9.17) is 18.0 Å². The Morgan fingerprint density at radius 1 is 1.25 bits per heavy atom. The second kappa shape index (κ2) is 5.96. The maximum atomic E-state index is 13.0. The summed E-state index contributed by atoms with van der Waals surface area (Å²) < 4.78 is 14.6. The fourth-order valence-electron chi connectivity index (χ4n) is 2.08. The number of aromatic nitrogens is 1. The lowest BCUT2D eigenvalue weighted by Crippen LogP contribution is -2.29. The Balaban J connectivity index is 2.64. The molecule has 2 aromatic rings. The van der Waals surface area contributed by atoms with Gasteiger partial charge in [-0.05, 0) is 48.4 Å². The van der Waals surface area contributed by atoms with Gasteiger partial charge in [0.05, 0.1) is 11.3 Å². The van der Waals surface area contributed by atoms with E-state index in [0.29, 0.717) is 12.1 Å². The molecule has 0 saturated heterocycles. The van der Waals surface area contributed by atoms with E-state index in [1.807, 2.05) is 6.92 Å². The lowest BCUT2D eigenvalue weighted by Gasteiger charge is -2.13. The monoisotopic (exact) mass is 290 g/mol. The molecule has 2 rings (SSSR count). The van der Waals surface area contributed by atoms with Crippen LogP contribution in [0.3, 0.4) is 0 Å². The molecule has 0 aliphatic rings. The number of nitrogens with zero attached hydrogens (tertiary/aromatic N) is 1.